The second kappa shape index (κ2) is 8.64. The van der Waals surface area contributed by atoms with Gasteiger partial charge in [0, 0.05) is 44.2 Å². The van der Waals surface area contributed by atoms with Crippen molar-refractivity contribution in [2.45, 2.75) is 51.5 Å². The summed E-state index contributed by atoms with van der Waals surface area (Å²) in [7, 11) is 0. The maximum absolute atomic E-state index is 13.0. The van der Waals surface area contributed by atoms with E-state index in [1.54, 1.807) is 0 Å². The van der Waals surface area contributed by atoms with Crippen molar-refractivity contribution in [3.63, 3.8) is 0 Å². The summed E-state index contributed by atoms with van der Waals surface area (Å²) in [5, 5.41) is 3.71. The first-order valence-electron chi connectivity index (χ1n) is 11.0. The van der Waals surface area contributed by atoms with Crippen LogP contribution in [0.4, 0.5) is 0 Å². The third-order valence-corrected chi connectivity index (χ3v) is 6.72. The Morgan fingerprint density at radius 1 is 1.14 bits per heavy atom. The summed E-state index contributed by atoms with van der Waals surface area (Å²) >= 11 is 0. The molecule has 3 aliphatic heterocycles. The topological polar surface area (TPSA) is 52.7 Å². The lowest BCUT2D eigenvalue weighted by Gasteiger charge is -2.46. The number of benzene rings is 1. The van der Waals surface area contributed by atoms with Crippen LogP contribution in [-0.2, 0) is 4.79 Å². The lowest BCUT2D eigenvalue weighted by atomic mass is 9.78. The van der Waals surface area contributed by atoms with Gasteiger partial charge in [-0.2, -0.15) is 0 Å². The highest BCUT2D eigenvalue weighted by molar-refractivity contribution is 5.94. The van der Waals surface area contributed by atoms with E-state index >= 15 is 0 Å². The average molecular weight is 384 g/mol. The van der Waals surface area contributed by atoms with Gasteiger partial charge in [-0.3, -0.25) is 9.59 Å². The Labute approximate surface area is 168 Å². The molecule has 0 aromatic heterocycles. The summed E-state index contributed by atoms with van der Waals surface area (Å²) in [6, 6.07) is 8.35. The predicted octanol–water partition coefficient (Wildman–Crippen LogP) is 2.84. The van der Waals surface area contributed by atoms with E-state index in [0.29, 0.717) is 30.2 Å². The molecule has 2 bridgehead atoms. The van der Waals surface area contributed by atoms with Crippen LogP contribution < -0.4 is 5.32 Å². The monoisotopic (exact) mass is 383 g/mol. The molecule has 0 radical (unpaired) electrons. The smallest absolute Gasteiger partial charge is 0.253 e. The summed E-state index contributed by atoms with van der Waals surface area (Å²) in [5.41, 5.74) is 1.94. The second-order valence-corrected chi connectivity index (χ2v) is 8.94. The molecule has 28 heavy (non-hydrogen) atoms. The SMILES string of the molecule is Cc1cccc(C(=O)N2CC3CN[C@H](CCCC(=O)N4CCCC4)C(C3)C2)c1. The quantitative estimate of drug-likeness (QED) is 0.851. The predicted molar refractivity (Wildman–Crippen MR) is 110 cm³/mol. The summed E-state index contributed by atoms with van der Waals surface area (Å²) in [5.74, 6) is 1.55. The van der Waals surface area contributed by atoms with E-state index in [4.69, 9.17) is 0 Å². The van der Waals surface area contributed by atoms with Crippen molar-refractivity contribution in [2.24, 2.45) is 11.8 Å². The van der Waals surface area contributed by atoms with Crippen molar-refractivity contribution in [1.82, 2.24) is 15.1 Å². The Hall–Kier alpha value is -1.88. The van der Waals surface area contributed by atoms with E-state index in [2.05, 4.69) is 10.2 Å². The first-order chi connectivity index (χ1) is 13.6. The molecule has 3 saturated heterocycles. The molecule has 3 aliphatic rings. The van der Waals surface area contributed by atoms with E-state index in [-0.39, 0.29) is 5.91 Å². The number of rotatable bonds is 5. The molecule has 2 amide bonds. The minimum Gasteiger partial charge on any atom is -0.343 e. The molecule has 152 valence electrons. The van der Waals surface area contributed by atoms with Gasteiger partial charge in [-0.25, -0.2) is 0 Å². The number of carbonyl (C=O) groups is 2. The first kappa shape index (κ1) is 19.4. The Bertz CT molecular complexity index is 714. The Kier molecular flexibility index (Phi) is 6.00. The highest BCUT2D eigenvalue weighted by Crippen LogP contribution is 2.31. The van der Waals surface area contributed by atoms with E-state index in [1.165, 1.54) is 6.42 Å². The first-order valence-corrected chi connectivity index (χ1v) is 11.0. The fourth-order valence-electron chi connectivity index (χ4n) is 5.23. The number of fused-ring (bicyclic) bond motifs is 2. The number of carbonyl (C=O) groups excluding carboxylic acids is 2. The molecular weight excluding hydrogens is 350 g/mol. The molecule has 0 aliphatic carbocycles. The highest BCUT2D eigenvalue weighted by atomic mass is 16.2. The lowest BCUT2D eigenvalue weighted by molar-refractivity contribution is -0.130. The molecular formula is C23H33N3O2. The van der Waals surface area contributed by atoms with E-state index in [1.807, 2.05) is 36.1 Å². The maximum Gasteiger partial charge on any atom is 0.253 e. The molecule has 3 atom stereocenters. The Balaban J connectivity index is 1.31. The van der Waals surface area contributed by atoms with Crippen molar-refractivity contribution < 1.29 is 9.59 Å². The maximum atomic E-state index is 13.0. The highest BCUT2D eigenvalue weighted by Gasteiger charge is 2.38. The van der Waals surface area contributed by atoms with Crippen LogP contribution in [0.25, 0.3) is 0 Å². The third-order valence-electron chi connectivity index (χ3n) is 6.72. The van der Waals surface area contributed by atoms with Gasteiger partial charge in [0.05, 0.1) is 0 Å². The molecule has 5 heteroatoms. The molecule has 4 rings (SSSR count). The standard InChI is InChI=1S/C23H33N3O2/c1-17-6-4-7-19(12-17)23(28)26-15-18-13-20(16-26)21(24-14-18)8-5-9-22(27)25-10-2-3-11-25/h4,6-7,12,18,20-21,24H,2-3,5,8-11,13-16H2,1H3/t18?,20?,21-/m1/s1. The van der Waals surface area contributed by atoms with Crippen molar-refractivity contribution in [1.29, 1.82) is 0 Å². The molecule has 1 N–H and O–H groups in total. The summed E-state index contributed by atoms with van der Waals surface area (Å²) in [6.07, 6.45) is 6.16. The zero-order chi connectivity index (χ0) is 19.5. The van der Waals surface area contributed by atoms with E-state index in [9.17, 15) is 9.59 Å². The van der Waals surface area contributed by atoms with Gasteiger partial charge in [0.15, 0.2) is 0 Å². The molecule has 2 unspecified atom stereocenters. The zero-order valence-corrected chi connectivity index (χ0v) is 17.0. The zero-order valence-electron chi connectivity index (χ0n) is 17.0. The molecule has 3 fully saturated rings. The summed E-state index contributed by atoms with van der Waals surface area (Å²) in [6.45, 7) is 6.60. The molecule has 0 saturated carbocycles. The van der Waals surface area contributed by atoms with Gasteiger partial charge in [0.2, 0.25) is 5.91 Å². The van der Waals surface area contributed by atoms with Crippen LogP contribution in [0.3, 0.4) is 0 Å². The number of likely N-dealkylation sites (tertiary alicyclic amines) is 2. The van der Waals surface area contributed by atoms with Gasteiger partial charge >= 0.3 is 0 Å². The number of aryl methyl sites for hydroxylation is 1. The van der Waals surface area contributed by atoms with Gasteiger partial charge in [0.1, 0.15) is 0 Å². The van der Waals surface area contributed by atoms with Gasteiger partial charge in [-0.05, 0) is 69.5 Å². The van der Waals surface area contributed by atoms with Crippen LogP contribution in [-0.4, -0.2) is 60.4 Å². The normalized spacial score (nSPS) is 27.1. The fourth-order valence-corrected chi connectivity index (χ4v) is 5.23. The minimum atomic E-state index is 0.170. The number of hydrogen-bond donors (Lipinski definition) is 1. The number of hydrogen-bond acceptors (Lipinski definition) is 3. The average Bonchev–Trinajstić information content (AvgIpc) is 3.24. The third kappa shape index (κ3) is 4.40. The molecule has 0 spiro atoms. The number of nitrogens with zero attached hydrogens (tertiary/aromatic N) is 2. The fraction of sp³-hybridized carbons (Fsp3) is 0.652. The van der Waals surface area contributed by atoms with Crippen molar-refractivity contribution in [2.75, 3.05) is 32.7 Å². The van der Waals surface area contributed by atoms with Gasteiger partial charge < -0.3 is 15.1 Å². The van der Waals surface area contributed by atoms with Crippen LogP contribution in [0.1, 0.15) is 54.4 Å². The number of piperidine rings is 2. The molecule has 1 aromatic rings. The van der Waals surface area contributed by atoms with Crippen molar-refractivity contribution in [3.8, 4) is 0 Å². The van der Waals surface area contributed by atoms with Crippen LogP contribution in [0.2, 0.25) is 0 Å². The number of nitrogens with one attached hydrogen (secondary N) is 1. The van der Waals surface area contributed by atoms with Crippen molar-refractivity contribution in [3.05, 3.63) is 35.4 Å². The van der Waals surface area contributed by atoms with Crippen LogP contribution in [0, 0.1) is 18.8 Å². The number of amides is 2. The van der Waals surface area contributed by atoms with Crippen LogP contribution in [0.5, 0.6) is 0 Å². The minimum absolute atomic E-state index is 0.170. The Morgan fingerprint density at radius 3 is 2.75 bits per heavy atom. The van der Waals surface area contributed by atoms with Crippen LogP contribution in [0.15, 0.2) is 24.3 Å². The summed E-state index contributed by atoms with van der Waals surface area (Å²) < 4.78 is 0. The second-order valence-electron chi connectivity index (χ2n) is 8.94. The van der Waals surface area contributed by atoms with Crippen LogP contribution >= 0.6 is 0 Å². The van der Waals surface area contributed by atoms with Gasteiger partial charge in [-0.1, -0.05) is 17.7 Å². The Morgan fingerprint density at radius 2 is 1.96 bits per heavy atom. The molecule has 3 heterocycles. The van der Waals surface area contributed by atoms with E-state index < -0.39 is 0 Å². The lowest BCUT2D eigenvalue weighted by Crippen LogP contribution is -2.57. The van der Waals surface area contributed by atoms with Gasteiger partial charge in [-0.15, -0.1) is 0 Å². The van der Waals surface area contributed by atoms with Crippen molar-refractivity contribution >= 4 is 11.8 Å². The summed E-state index contributed by atoms with van der Waals surface area (Å²) in [4.78, 5) is 29.4. The largest absolute Gasteiger partial charge is 0.343 e. The van der Waals surface area contributed by atoms with Gasteiger partial charge in [0.25, 0.3) is 5.91 Å². The molecule has 1 aromatic carbocycles. The molecule has 5 nitrogen and oxygen atoms in total. The van der Waals surface area contributed by atoms with E-state index in [0.717, 1.165) is 69.5 Å².